The molecular formula is C21H22N2O4S. The largest absolute Gasteiger partial charge is 0.452 e. The van der Waals surface area contributed by atoms with Gasteiger partial charge in [-0.05, 0) is 43.5 Å². The molecule has 0 aromatic heterocycles. The first-order chi connectivity index (χ1) is 13.5. The number of thioether (sulfide) groups is 1. The van der Waals surface area contributed by atoms with Crippen LogP contribution in [0.25, 0.3) is 0 Å². The van der Waals surface area contributed by atoms with Crippen LogP contribution in [0.4, 0.5) is 11.4 Å². The van der Waals surface area contributed by atoms with Gasteiger partial charge >= 0.3 is 5.97 Å². The van der Waals surface area contributed by atoms with Crippen molar-refractivity contribution in [3.63, 3.8) is 0 Å². The first-order valence-corrected chi connectivity index (χ1v) is 10.2. The molecule has 1 fully saturated rings. The Morgan fingerprint density at radius 2 is 1.93 bits per heavy atom. The Balaban J connectivity index is 1.58. The number of carbonyl (C=O) groups is 3. The van der Waals surface area contributed by atoms with Gasteiger partial charge in [0.1, 0.15) is 0 Å². The quantitative estimate of drug-likeness (QED) is 0.597. The van der Waals surface area contributed by atoms with Crippen molar-refractivity contribution < 1.29 is 19.1 Å². The number of esters is 1. The summed E-state index contributed by atoms with van der Waals surface area (Å²) in [5.41, 5.74) is 1.40. The SMILES string of the molecule is CSc1cccc(N2C[C@H](C(=O)O[C@@H](C)C(=O)Nc3ccccc3)CC2=O)c1. The smallest absolute Gasteiger partial charge is 0.312 e. The van der Waals surface area contributed by atoms with Crippen LogP contribution in [0.3, 0.4) is 0 Å². The second-order valence-corrected chi connectivity index (χ2v) is 7.42. The van der Waals surface area contributed by atoms with Gasteiger partial charge in [-0.25, -0.2) is 0 Å². The molecule has 1 saturated heterocycles. The van der Waals surface area contributed by atoms with E-state index >= 15 is 0 Å². The first-order valence-electron chi connectivity index (χ1n) is 8.98. The van der Waals surface area contributed by atoms with Crippen molar-refractivity contribution in [1.82, 2.24) is 0 Å². The summed E-state index contributed by atoms with van der Waals surface area (Å²) in [6, 6.07) is 16.6. The fraction of sp³-hybridized carbons (Fsp3) is 0.286. The molecule has 2 atom stereocenters. The zero-order valence-electron chi connectivity index (χ0n) is 15.8. The van der Waals surface area contributed by atoms with Crippen LogP contribution < -0.4 is 10.2 Å². The summed E-state index contributed by atoms with van der Waals surface area (Å²) < 4.78 is 5.31. The number of benzene rings is 2. The maximum Gasteiger partial charge on any atom is 0.312 e. The number of ether oxygens (including phenoxy) is 1. The van der Waals surface area contributed by atoms with Crippen LogP contribution >= 0.6 is 11.8 Å². The van der Waals surface area contributed by atoms with Gasteiger partial charge in [0.25, 0.3) is 5.91 Å². The lowest BCUT2D eigenvalue weighted by atomic mass is 10.1. The average Bonchev–Trinajstić information content (AvgIpc) is 3.10. The van der Waals surface area contributed by atoms with E-state index < -0.39 is 23.9 Å². The third-order valence-electron chi connectivity index (χ3n) is 4.53. The van der Waals surface area contributed by atoms with E-state index in [1.54, 1.807) is 40.9 Å². The summed E-state index contributed by atoms with van der Waals surface area (Å²) >= 11 is 1.59. The molecule has 1 aliphatic rings. The van der Waals surface area contributed by atoms with Crippen molar-refractivity contribution in [2.24, 2.45) is 5.92 Å². The molecule has 1 N–H and O–H groups in total. The van der Waals surface area contributed by atoms with Gasteiger partial charge < -0.3 is 15.0 Å². The molecule has 3 rings (SSSR count). The molecule has 2 amide bonds. The summed E-state index contributed by atoms with van der Waals surface area (Å²) in [4.78, 5) is 39.7. The monoisotopic (exact) mass is 398 g/mol. The van der Waals surface area contributed by atoms with Gasteiger partial charge in [0.2, 0.25) is 5.91 Å². The normalized spacial score (nSPS) is 17.3. The number of hydrogen-bond acceptors (Lipinski definition) is 5. The van der Waals surface area contributed by atoms with Crippen LogP contribution in [0, 0.1) is 5.92 Å². The Labute approximate surface area is 168 Å². The molecule has 2 aromatic carbocycles. The zero-order chi connectivity index (χ0) is 20.1. The van der Waals surface area contributed by atoms with Crippen LogP contribution in [-0.4, -0.2) is 36.7 Å². The molecular weight excluding hydrogens is 376 g/mol. The van der Waals surface area contributed by atoms with Crippen LogP contribution in [0.5, 0.6) is 0 Å². The van der Waals surface area contributed by atoms with Gasteiger partial charge in [0.05, 0.1) is 5.92 Å². The molecule has 7 heteroatoms. The summed E-state index contributed by atoms with van der Waals surface area (Å²) in [5, 5.41) is 2.70. The van der Waals surface area contributed by atoms with E-state index in [4.69, 9.17) is 4.74 Å². The summed E-state index contributed by atoms with van der Waals surface area (Å²) in [5.74, 6) is -1.65. The molecule has 0 radical (unpaired) electrons. The van der Waals surface area contributed by atoms with Gasteiger partial charge in [0.15, 0.2) is 6.10 Å². The number of hydrogen-bond donors (Lipinski definition) is 1. The number of carbonyl (C=O) groups excluding carboxylic acids is 3. The molecule has 2 aromatic rings. The Kier molecular flexibility index (Phi) is 6.36. The topological polar surface area (TPSA) is 75.7 Å². The number of rotatable bonds is 6. The fourth-order valence-corrected chi connectivity index (χ4v) is 3.44. The van der Waals surface area contributed by atoms with E-state index in [0.29, 0.717) is 5.69 Å². The minimum atomic E-state index is -0.948. The highest BCUT2D eigenvalue weighted by Crippen LogP contribution is 2.29. The molecule has 0 bridgehead atoms. The van der Waals surface area contributed by atoms with Crippen molar-refractivity contribution in [3.8, 4) is 0 Å². The lowest BCUT2D eigenvalue weighted by Gasteiger charge is -2.18. The zero-order valence-corrected chi connectivity index (χ0v) is 16.6. The molecule has 28 heavy (non-hydrogen) atoms. The standard InChI is InChI=1S/C21H22N2O4S/c1-14(20(25)22-16-7-4-3-5-8-16)27-21(26)15-11-19(24)23(13-15)17-9-6-10-18(12-17)28-2/h3-10,12,14-15H,11,13H2,1-2H3,(H,22,25)/t14-,15+/m0/s1. The number of nitrogens with zero attached hydrogens (tertiary/aromatic N) is 1. The van der Waals surface area contributed by atoms with Gasteiger partial charge in [-0.15, -0.1) is 11.8 Å². The molecule has 1 aliphatic heterocycles. The summed E-state index contributed by atoms with van der Waals surface area (Å²) in [6.45, 7) is 1.77. The summed E-state index contributed by atoms with van der Waals surface area (Å²) in [7, 11) is 0. The van der Waals surface area contributed by atoms with Crippen molar-refractivity contribution in [1.29, 1.82) is 0 Å². The number of para-hydroxylation sites is 1. The lowest BCUT2D eigenvalue weighted by Crippen LogP contribution is -2.33. The molecule has 1 heterocycles. The molecule has 0 spiro atoms. The maximum absolute atomic E-state index is 12.5. The van der Waals surface area contributed by atoms with Crippen molar-refractivity contribution >= 4 is 40.9 Å². The highest BCUT2D eigenvalue weighted by atomic mass is 32.2. The molecule has 0 aliphatic carbocycles. The third-order valence-corrected chi connectivity index (χ3v) is 5.25. The van der Waals surface area contributed by atoms with E-state index in [9.17, 15) is 14.4 Å². The minimum absolute atomic E-state index is 0.0787. The van der Waals surface area contributed by atoms with Gasteiger partial charge in [0, 0.05) is 29.2 Å². The molecule has 0 unspecified atom stereocenters. The van der Waals surface area contributed by atoms with E-state index in [0.717, 1.165) is 10.6 Å². The average molecular weight is 398 g/mol. The van der Waals surface area contributed by atoms with Crippen LogP contribution in [0.1, 0.15) is 13.3 Å². The molecule has 0 saturated carbocycles. The first kappa shape index (κ1) is 19.9. The second kappa shape index (κ2) is 8.93. The van der Waals surface area contributed by atoms with E-state index in [-0.39, 0.29) is 18.9 Å². The third kappa shape index (κ3) is 4.72. The Morgan fingerprint density at radius 3 is 2.64 bits per heavy atom. The Hall–Kier alpha value is -2.80. The van der Waals surface area contributed by atoms with E-state index in [1.807, 2.05) is 36.6 Å². The van der Waals surface area contributed by atoms with E-state index in [2.05, 4.69) is 5.32 Å². The second-order valence-electron chi connectivity index (χ2n) is 6.54. The number of nitrogens with one attached hydrogen (secondary N) is 1. The van der Waals surface area contributed by atoms with Gasteiger partial charge in [-0.1, -0.05) is 24.3 Å². The Morgan fingerprint density at radius 1 is 1.18 bits per heavy atom. The number of amides is 2. The van der Waals surface area contributed by atoms with E-state index in [1.165, 1.54) is 6.92 Å². The van der Waals surface area contributed by atoms with Crippen molar-refractivity contribution in [2.45, 2.75) is 24.3 Å². The summed E-state index contributed by atoms with van der Waals surface area (Å²) in [6.07, 6.45) is 1.10. The number of anilines is 2. The van der Waals surface area contributed by atoms with Crippen LogP contribution in [0.2, 0.25) is 0 Å². The molecule has 146 valence electrons. The fourth-order valence-electron chi connectivity index (χ4n) is 2.98. The maximum atomic E-state index is 12.5. The predicted octanol–water partition coefficient (Wildman–Crippen LogP) is 3.33. The van der Waals surface area contributed by atoms with Gasteiger partial charge in [-0.2, -0.15) is 0 Å². The predicted molar refractivity (Wildman–Crippen MR) is 109 cm³/mol. The van der Waals surface area contributed by atoms with Gasteiger partial charge in [-0.3, -0.25) is 14.4 Å². The highest BCUT2D eigenvalue weighted by Gasteiger charge is 2.37. The lowest BCUT2D eigenvalue weighted by molar-refractivity contribution is -0.157. The van der Waals surface area contributed by atoms with Crippen molar-refractivity contribution in [3.05, 3.63) is 54.6 Å². The minimum Gasteiger partial charge on any atom is -0.452 e. The highest BCUT2D eigenvalue weighted by molar-refractivity contribution is 7.98. The van der Waals surface area contributed by atoms with Crippen LogP contribution in [0.15, 0.2) is 59.5 Å². The molecule has 6 nitrogen and oxygen atoms in total. The Bertz CT molecular complexity index is 872. The van der Waals surface area contributed by atoms with Crippen LogP contribution in [-0.2, 0) is 19.1 Å². The van der Waals surface area contributed by atoms with Crippen molar-refractivity contribution in [2.75, 3.05) is 23.0 Å².